The van der Waals surface area contributed by atoms with E-state index in [1.54, 1.807) is 50.6 Å². The number of nitrogens with one attached hydrogen (secondary N) is 2. The number of carbonyl (C=O) groups is 1. The highest BCUT2D eigenvalue weighted by molar-refractivity contribution is 5.86. The third-order valence-corrected chi connectivity index (χ3v) is 5.13. The molecule has 0 aliphatic heterocycles. The lowest BCUT2D eigenvalue weighted by Gasteiger charge is -2.27. The van der Waals surface area contributed by atoms with Crippen molar-refractivity contribution in [3.05, 3.63) is 48.0 Å². The Labute approximate surface area is 165 Å². The number of phenols is 1. The zero-order valence-corrected chi connectivity index (χ0v) is 16.4. The molecule has 1 atom stereocenters. The van der Waals surface area contributed by atoms with Crippen molar-refractivity contribution in [1.82, 2.24) is 5.32 Å². The summed E-state index contributed by atoms with van der Waals surface area (Å²) >= 11 is 0. The van der Waals surface area contributed by atoms with Gasteiger partial charge in [-0.15, -0.1) is 0 Å². The van der Waals surface area contributed by atoms with Crippen LogP contribution in [0.3, 0.4) is 0 Å². The number of amides is 1. The van der Waals surface area contributed by atoms with Gasteiger partial charge in [0.15, 0.2) is 11.5 Å². The fourth-order valence-corrected chi connectivity index (χ4v) is 3.59. The van der Waals surface area contributed by atoms with Crippen LogP contribution in [0.4, 0.5) is 5.69 Å². The Morgan fingerprint density at radius 1 is 1.00 bits per heavy atom. The van der Waals surface area contributed by atoms with E-state index in [4.69, 9.17) is 9.47 Å². The molecule has 0 aromatic heterocycles. The molecule has 0 spiro atoms. The third kappa shape index (κ3) is 4.88. The lowest BCUT2D eigenvalue weighted by Crippen LogP contribution is -2.41. The Bertz CT molecular complexity index is 786. The fraction of sp³-hybridized carbons (Fsp3) is 0.409. The zero-order chi connectivity index (χ0) is 19.9. The first kappa shape index (κ1) is 19.9. The van der Waals surface area contributed by atoms with E-state index < -0.39 is 6.04 Å². The minimum atomic E-state index is -0.583. The van der Waals surface area contributed by atoms with E-state index in [-0.39, 0.29) is 17.7 Å². The molecule has 6 heteroatoms. The fourth-order valence-electron chi connectivity index (χ4n) is 3.59. The molecule has 28 heavy (non-hydrogen) atoms. The molecule has 2 aromatic rings. The normalized spacial score (nSPS) is 15.5. The molecule has 1 amide bonds. The Balaban J connectivity index is 1.83. The number of rotatable bonds is 7. The van der Waals surface area contributed by atoms with Crippen molar-refractivity contribution in [1.29, 1.82) is 0 Å². The van der Waals surface area contributed by atoms with Crippen molar-refractivity contribution in [2.75, 3.05) is 19.5 Å². The number of phenolic OH excluding ortho intramolecular Hbond substituents is 1. The van der Waals surface area contributed by atoms with Crippen molar-refractivity contribution in [3.63, 3.8) is 0 Å². The highest BCUT2D eigenvalue weighted by atomic mass is 16.5. The summed E-state index contributed by atoms with van der Waals surface area (Å²) in [6.07, 6.45) is 5.57. The van der Waals surface area contributed by atoms with Gasteiger partial charge in [-0.3, -0.25) is 4.79 Å². The SMILES string of the molecule is COc1ccc(NC(C(=O)NC2CCCCC2)c2ccc(O)cc2)cc1OC. The van der Waals surface area contributed by atoms with Gasteiger partial charge in [-0.05, 0) is 42.7 Å². The molecule has 1 aliphatic carbocycles. The molecule has 2 aromatic carbocycles. The number of benzene rings is 2. The van der Waals surface area contributed by atoms with Crippen molar-refractivity contribution >= 4 is 11.6 Å². The summed E-state index contributed by atoms with van der Waals surface area (Å²) in [4.78, 5) is 13.1. The maximum absolute atomic E-state index is 13.1. The molecular weight excluding hydrogens is 356 g/mol. The first-order valence-corrected chi connectivity index (χ1v) is 9.68. The summed E-state index contributed by atoms with van der Waals surface area (Å²) in [5.41, 5.74) is 1.52. The second kappa shape index (κ2) is 9.35. The smallest absolute Gasteiger partial charge is 0.247 e. The van der Waals surface area contributed by atoms with Crippen LogP contribution in [0, 0.1) is 0 Å². The summed E-state index contributed by atoms with van der Waals surface area (Å²) < 4.78 is 10.6. The molecular formula is C22H28N2O4. The average molecular weight is 384 g/mol. The van der Waals surface area contributed by atoms with E-state index in [2.05, 4.69) is 10.6 Å². The summed E-state index contributed by atoms with van der Waals surface area (Å²) in [7, 11) is 3.16. The molecule has 0 bridgehead atoms. The van der Waals surface area contributed by atoms with Crippen LogP contribution in [-0.4, -0.2) is 31.3 Å². The second-order valence-electron chi connectivity index (χ2n) is 7.08. The summed E-state index contributed by atoms with van der Waals surface area (Å²) in [6, 6.07) is 11.8. The van der Waals surface area contributed by atoms with E-state index in [9.17, 15) is 9.90 Å². The van der Waals surface area contributed by atoms with Crippen LogP contribution in [0.5, 0.6) is 17.2 Å². The lowest BCUT2D eigenvalue weighted by atomic mass is 9.95. The van der Waals surface area contributed by atoms with Crippen LogP contribution in [0.2, 0.25) is 0 Å². The number of hydrogen-bond acceptors (Lipinski definition) is 5. The number of methoxy groups -OCH3 is 2. The number of ether oxygens (including phenoxy) is 2. The summed E-state index contributed by atoms with van der Waals surface area (Å²) in [5, 5.41) is 16.1. The van der Waals surface area contributed by atoms with Crippen molar-refractivity contribution in [2.24, 2.45) is 0 Å². The van der Waals surface area contributed by atoms with Gasteiger partial charge in [0.25, 0.3) is 0 Å². The first-order chi connectivity index (χ1) is 13.6. The Hall–Kier alpha value is -2.89. The molecule has 150 valence electrons. The van der Waals surface area contributed by atoms with Gasteiger partial charge >= 0.3 is 0 Å². The van der Waals surface area contributed by atoms with Gasteiger partial charge in [0.05, 0.1) is 14.2 Å². The zero-order valence-electron chi connectivity index (χ0n) is 16.4. The molecule has 1 fully saturated rings. The van der Waals surface area contributed by atoms with Crippen LogP contribution < -0.4 is 20.1 Å². The summed E-state index contributed by atoms with van der Waals surface area (Å²) in [5.74, 6) is 1.30. The van der Waals surface area contributed by atoms with E-state index in [0.717, 1.165) is 36.9 Å². The molecule has 0 heterocycles. The van der Waals surface area contributed by atoms with Gasteiger partial charge in [0.2, 0.25) is 5.91 Å². The van der Waals surface area contributed by atoms with Crippen LogP contribution >= 0.6 is 0 Å². The molecule has 6 nitrogen and oxygen atoms in total. The van der Waals surface area contributed by atoms with E-state index in [0.29, 0.717) is 11.5 Å². The van der Waals surface area contributed by atoms with E-state index >= 15 is 0 Å². The second-order valence-corrected chi connectivity index (χ2v) is 7.08. The van der Waals surface area contributed by atoms with Crippen molar-refractivity contribution < 1.29 is 19.4 Å². The lowest BCUT2D eigenvalue weighted by molar-refractivity contribution is -0.122. The van der Waals surface area contributed by atoms with Crippen molar-refractivity contribution in [2.45, 2.75) is 44.2 Å². The van der Waals surface area contributed by atoms with Gasteiger partial charge in [0.1, 0.15) is 11.8 Å². The van der Waals surface area contributed by atoms with Gasteiger partial charge in [-0.2, -0.15) is 0 Å². The Morgan fingerprint density at radius 2 is 1.68 bits per heavy atom. The number of carbonyl (C=O) groups excluding carboxylic acids is 1. The van der Waals surface area contributed by atoms with Crippen LogP contribution in [-0.2, 0) is 4.79 Å². The predicted octanol–water partition coefficient (Wildman–Crippen LogP) is 4.01. The molecule has 3 rings (SSSR count). The van der Waals surface area contributed by atoms with Gasteiger partial charge < -0.3 is 25.2 Å². The molecule has 0 saturated heterocycles. The highest BCUT2D eigenvalue weighted by Crippen LogP contribution is 2.32. The number of anilines is 1. The molecule has 1 aliphatic rings. The van der Waals surface area contributed by atoms with Crippen LogP contribution in [0.15, 0.2) is 42.5 Å². The van der Waals surface area contributed by atoms with E-state index in [1.807, 2.05) is 6.07 Å². The van der Waals surface area contributed by atoms with Gasteiger partial charge in [-0.25, -0.2) is 0 Å². The minimum absolute atomic E-state index is 0.0765. The standard InChI is InChI=1S/C22H28N2O4/c1-27-19-13-10-17(14-20(19)28-2)23-21(15-8-11-18(25)12-9-15)22(26)24-16-6-4-3-5-7-16/h8-14,16,21,23,25H,3-7H2,1-2H3,(H,24,26). The number of aromatic hydroxyl groups is 1. The average Bonchev–Trinajstić information content (AvgIpc) is 2.73. The Morgan fingerprint density at radius 3 is 2.32 bits per heavy atom. The van der Waals surface area contributed by atoms with Crippen LogP contribution in [0.25, 0.3) is 0 Å². The van der Waals surface area contributed by atoms with Crippen LogP contribution in [0.1, 0.15) is 43.7 Å². The summed E-state index contributed by atoms with van der Waals surface area (Å²) in [6.45, 7) is 0. The van der Waals surface area contributed by atoms with Gasteiger partial charge in [0, 0.05) is 17.8 Å². The largest absolute Gasteiger partial charge is 0.508 e. The molecule has 3 N–H and O–H groups in total. The maximum Gasteiger partial charge on any atom is 0.247 e. The molecule has 0 radical (unpaired) electrons. The monoisotopic (exact) mass is 384 g/mol. The molecule has 1 unspecified atom stereocenters. The topological polar surface area (TPSA) is 79.8 Å². The molecule has 1 saturated carbocycles. The number of hydrogen-bond donors (Lipinski definition) is 3. The Kier molecular flexibility index (Phi) is 6.63. The van der Waals surface area contributed by atoms with Crippen molar-refractivity contribution in [3.8, 4) is 17.2 Å². The third-order valence-electron chi connectivity index (χ3n) is 5.13. The van der Waals surface area contributed by atoms with Gasteiger partial charge in [-0.1, -0.05) is 31.4 Å². The minimum Gasteiger partial charge on any atom is -0.508 e. The maximum atomic E-state index is 13.1. The highest BCUT2D eigenvalue weighted by Gasteiger charge is 2.24. The van der Waals surface area contributed by atoms with E-state index in [1.165, 1.54) is 6.42 Å². The first-order valence-electron chi connectivity index (χ1n) is 9.68. The predicted molar refractivity (Wildman–Crippen MR) is 109 cm³/mol. The quantitative estimate of drug-likeness (QED) is 0.672.